The number of sulfonamides is 1. The maximum absolute atomic E-state index is 12.1. The second-order valence-electron chi connectivity index (χ2n) is 5.02. The largest absolute Gasteiger partial charge is 0.325 e. The summed E-state index contributed by atoms with van der Waals surface area (Å²) < 4.78 is 25.0. The fourth-order valence-corrected chi connectivity index (χ4v) is 2.88. The van der Waals surface area contributed by atoms with Crippen LogP contribution in [-0.4, -0.2) is 27.1 Å². The average molecular weight is 318 g/mol. The molecule has 2 aromatic carbocycles. The van der Waals surface area contributed by atoms with Crippen molar-refractivity contribution >= 4 is 27.3 Å². The van der Waals surface area contributed by atoms with Crippen LogP contribution in [0.15, 0.2) is 54.6 Å². The molecular weight excluding hydrogens is 300 g/mol. The van der Waals surface area contributed by atoms with Crippen LogP contribution in [-0.2, 0) is 14.8 Å². The van der Waals surface area contributed by atoms with Gasteiger partial charge >= 0.3 is 0 Å². The van der Waals surface area contributed by atoms with Crippen molar-refractivity contribution in [3.8, 4) is 0 Å². The molecule has 0 aliphatic rings. The minimum absolute atomic E-state index is 0.267. The SMILES string of the molecule is Cc1cccc(N(CC(=O)Nc2ccccc2)S(C)(=O)=O)c1. The van der Waals surface area contributed by atoms with Gasteiger partial charge in [0.1, 0.15) is 6.54 Å². The second kappa shape index (κ2) is 6.62. The van der Waals surface area contributed by atoms with E-state index in [0.717, 1.165) is 16.1 Å². The zero-order valence-electron chi connectivity index (χ0n) is 12.5. The molecule has 0 aromatic heterocycles. The molecule has 0 bridgehead atoms. The number of carbonyl (C=O) groups excluding carboxylic acids is 1. The number of amides is 1. The third-order valence-corrected chi connectivity index (χ3v) is 4.18. The van der Waals surface area contributed by atoms with Gasteiger partial charge in [-0.25, -0.2) is 8.42 Å². The number of carbonyl (C=O) groups is 1. The summed E-state index contributed by atoms with van der Waals surface area (Å²) >= 11 is 0. The Hall–Kier alpha value is -2.34. The van der Waals surface area contributed by atoms with Crippen molar-refractivity contribution in [3.05, 3.63) is 60.2 Å². The van der Waals surface area contributed by atoms with E-state index in [1.54, 1.807) is 42.5 Å². The first kappa shape index (κ1) is 16.0. The molecule has 1 amide bonds. The van der Waals surface area contributed by atoms with Crippen LogP contribution in [0.4, 0.5) is 11.4 Å². The number of rotatable bonds is 5. The van der Waals surface area contributed by atoms with Crippen LogP contribution in [0.25, 0.3) is 0 Å². The molecule has 2 rings (SSSR count). The van der Waals surface area contributed by atoms with Gasteiger partial charge in [0.15, 0.2) is 0 Å². The lowest BCUT2D eigenvalue weighted by Crippen LogP contribution is -2.37. The predicted molar refractivity (Wildman–Crippen MR) is 88.4 cm³/mol. The van der Waals surface area contributed by atoms with Gasteiger partial charge in [0.05, 0.1) is 11.9 Å². The van der Waals surface area contributed by atoms with Crippen LogP contribution in [0.1, 0.15) is 5.56 Å². The van der Waals surface area contributed by atoms with Crippen molar-refractivity contribution in [1.29, 1.82) is 0 Å². The first-order valence-corrected chi connectivity index (χ1v) is 8.60. The zero-order chi connectivity index (χ0) is 16.2. The van der Waals surface area contributed by atoms with Gasteiger partial charge in [-0.2, -0.15) is 0 Å². The minimum Gasteiger partial charge on any atom is -0.325 e. The van der Waals surface area contributed by atoms with Gasteiger partial charge in [0.25, 0.3) is 0 Å². The van der Waals surface area contributed by atoms with E-state index in [0.29, 0.717) is 11.4 Å². The minimum atomic E-state index is -3.55. The molecule has 5 nitrogen and oxygen atoms in total. The molecule has 0 fully saturated rings. The Bertz CT molecular complexity index is 758. The van der Waals surface area contributed by atoms with Crippen molar-refractivity contribution < 1.29 is 13.2 Å². The smallest absolute Gasteiger partial charge is 0.245 e. The highest BCUT2D eigenvalue weighted by Gasteiger charge is 2.20. The highest BCUT2D eigenvalue weighted by Crippen LogP contribution is 2.19. The molecule has 6 heteroatoms. The Morgan fingerprint density at radius 1 is 1.09 bits per heavy atom. The van der Waals surface area contributed by atoms with Gasteiger partial charge in [-0.3, -0.25) is 9.10 Å². The molecule has 2 aromatic rings. The van der Waals surface area contributed by atoms with Gasteiger partial charge in [0, 0.05) is 5.69 Å². The predicted octanol–water partition coefficient (Wildman–Crippen LogP) is 2.40. The molecule has 116 valence electrons. The second-order valence-corrected chi connectivity index (χ2v) is 6.93. The van der Waals surface area contributed by atoms with Gasteiger partial charge < -0.3 is 5.32 Å². The van der Waals surface area contributed by atoms with Crippen molar-refractivity contribution in [2.75, 3.05) is 22.4 Å². The number of para-hydroxylation sites is 1. The molecule has 0 aliphatic carbocycles. The molecule has 0 aliphatic heterocycles. The Kier molecular flexibility index (Phi) is 4.82. The molecule has 0 unspecified atom stereocenters. The van der Waals surface area contributed by atoms with Gasteiger partial charge in [-0.15, -0.1) is 0 Å². The molecule has 1 N–H and O–H groups in total. The van der Waals surface area contributed by atoms with E-state index < -0.39 is 15.9 Å². The normalized spacial score (nSPS) is 11.0. The van der Waals surface area contributed by atoms with E-state index in [1.165, 1.54) is 0 Å². The molecule has 0 spiro atoms. The van der Waals surface area contributed by atoms with Crippen LogP contribution < -0.4 is 9.62 Å². The van der Waals surface area contributed by atoms with Crippen molar-refractivity contribution in [2.45, 2.75) is 6.92 Å². The Morgan fingerprint density at radius 3 is 2.36 bits per heavy atom. The van der Waals surface area contributed by atoms with Crippen LogP contribution in [0.2, 0.25) is 0 Å². The monoisotopic (exact) mass is 318 g/mol. The average Bonchev–Trinajstić information content (AvgIpc) is 2.44. The number of anilines is 2. The van der Waals surface area contributed by atoms with E-state index >= 15 is 0 Å². The van der Waals surface area contributed by atoms with Crippen LogP contribution in [0.3, 0.4) is 0 Å². The van der Waals surface area contributed by atoms with E-state index in [9.17, 15) is 13.2 Å². The molecular formula is C16H18N2O3S. The number of nitrogens with one attached hydrogen (secondary N) is 1. The number of benzene rings is 2. The van der Waals surface area contributed by atoms with Crippen molar-refractivity contribution in [3.63, 3.8) is 0 Å². The summed E-state index contributed by atoms with van der Waals surface area (Å²) in [6.07, 6.45) is 1.09. The van der Waals surface area contributed by atoms with Crippen LogP contribution in [0.5, 0.6) is 0 Å². The van der Waals surface area contributed by atoms with Gasteiger partial charge in [-0.1, -0.05) is 30.3 Å². The third kappa shape index (κ3) is 4.33. The topological polar surface area (TPSA) is 66.5 Å². The zero-order valence-corrected chi connectivity index (χ0v) is 13.3. The summed E-state index contributed by atoms with van der Waals surface area (Å²) in [5.74, 6) is -0.391. The lowest BCUT2D eigenvalue weighted by atomic mass is 10.2. The lowest BCUT2D eigenvalue weighted by Gasteiger charge is -2.22. The summed E-state index contributed by atoms with van der Waals surface area (Å²) in [5.41, 5.74) is 2.03. The quantitative estimate of drug-likeness (QED) is 0.920. The van der Waals surface area contributed by atoms with Gasteiger partial charge in [0.2, 0.25) is 15.9 Å². The summed E-state index contributed by atoms with van der Waals surface area (Å²) in [6.45, 7) is 1.60. The van der Waals surface area contributed by atoms with Crippen molar-refractivity contribution in [2.24, 2.45) is 0 Å². The maximum atomic E-state index is 12.1. The Morgan fingerprint density at radius 2 is 1.77 bits per heavy atom. The molecule has 0 atom stereocenters. The van der Waals surface area contributed by atoms with E-state index in [-0.39, 0.29) is 6.54 Å². The highest BCUT2D eigenvalue weighted by atomic mass is 32.2. The van der Waals surface area contributed by atoms with Gasteiger partial charge in [-0.05, 0) is 36.8 Å². The molecule has 0 saturated heterocycles. The number of aryl methyl sites for hydroxylation is 1. The van der Waals surface area contributed by atoms with E-state index in [2.05, 4.69) is 5.32 Å². The first-order valence-electron chi connectivity index (χ1n) is 6.75. The summed E-state index contributed by atoms with van der Waals surface area (Å²) in [5, 5.41) is 2.68. The number of hydrogen-bond donors (Lipinski definition) is 1. The summed E-state index contributed by atoms with van der Waals surface area (Å²) in [4.78, 5) is 12.1. The Labute approximate surface area is 130 Å². The van der Waals surface area contributed by atoms with Crippen LogP contribution >= 0.6 is 0 Å². The highest BCUT2D eigenvalue weighted by molar-refractivity contribution is 7.92. The van der Waals surface area contributed by atoms with E-state index in [4.69, 9.17) is 0 Å². The molecule has 22 heavy (non-hydrogen) atoms. The van der Waals surface area contributed by atoms with E-state index in [1.807, 2.05) is 19.1 Å². The standard InChI is InChI=1S/C16H18N2O3S/c1-13-7-6-10-15(11-13)18(22(2,20)21)12-16(19)17-14-8-4-3-5-9-14/h3-11H,12H2,1-2H3,(H,17,19). The summed E-state index contributed by atoms with van der Waals surface area (Å²) in [7, 11) is -3.55. The van der Waals surface area contributed by atoms with Crippen molar-refractivity contribution in [1.82, 2.24) is 0 Å². The third-order valence-electron chi connectivity index (χ3n) is 3.03. The fraction of sp³-hybridized carbons (Fsp3) is 0.188. The Balaban J connectivity index is 2.19. The first-order chi connectivity index (χ1) is 10.4. The number of hydrogen-bond acceptors (Lipinski definition) is 3. The lowest BCUT2D eigenvalue weighted by molar-refractivity contribution is -0.114. The maximum Gasteiger partial charge on any atom is 0.245 e. The molecule has 0 radical (unpaired) electrons. The fourth-order valence-electron chi connectivity index (χ4n) is 2.04. The number of nitrogens with zero attached hydrogens (tertiary/aromatic N) is 1. The van der Waals surface area contributed by atoms with Crippen LogP contribution in [0, 0.1) is 6.92 Å². The summed E-state index contributed by atoms with van der Waals surface area (Å²) in [6, 6.07) is 16.0. The molecule has 0 heterocycles. The molecule has 0 saturated carbocycles.